The van der Waals surface area contributed by atoms with Crippen LogP contribution in [0, 0.1) is 0 Å². The van der Waals surface area contributed by atoms with Crippen molar-refractivity contribution in [1.29, 1.82) is 0 Å². The number of ether oxygens (including phenoxy) is 5. The normalized spacial score (nSPS) is 16.9. The number of fused-ring (bicyclic) bond motifs is 1. The van der Waals surface area contributed by atoms with Gasteiger partial charge in [0.25, 0.3) is 5.79 Å². The lowest BCUT2D eigenvalue weighted by Crippen LogP contribution is -2.42. The zero-order valence-electron chi connectivity index (χ0n) is 14.9. The number of carbonyl (C=O) groups excluding carboxylic acids is 3. The number of hydrogen-bond acceptors (Lipinski definition) is 9. The topological polar surface area (TPSA) is 121 Å². The van der Waals surface area contributed by atoms with Crippen LogP contribution in [0.4, 0.5) is 16.2 Å². The van der Waals surface area contributed by atoms with Gasteiger partial charge in [-0.05, 0) is 6.92 Å². The number of nitrogens with one attached hydrogen (secondary N) is 2. The van der Waals surface area contributed by atoms with Gasteiger partial charge < -0.3 is 29.0 Å². The van der Waals surface area contributed by atoms with E-state index in [2.05, 4.69) is 10.6 Å². The highest BCUT2D eigenvalue weighted by Crippen LogP contribution is 2.40. The Labute approximate surface area is 154 Å². The van der Waals surface area contributed by atoms with Crippen molar-refractivity contribution in [3.8, 4) is 11.5 Å². The van der Waals surface area contributed by atoms with Crippen LogP contribution in [0.3, 0.4) is 0 Å². The highest BCUT2D eigenvalue weighted by molar-refractivity contribution is 6.15. The highest BCUT2D eigenvalue weighted by Gasteiger charge is 2.39. The number of anilines is 2. The molecular weight excluding hydrogens is 360 g/mol. The molecule has 144 valence electrons. The van der Waals surface area contributed by atoms with Crippen LogP contribution in [0.25, 0.3) is 0 Å². The fourth-order valence-corrected chi connectivity index (χ4v) is 2.37. The zero-order chi connectivity index (χ0) is 19.6. The molecule has 1 saturated heterocycles. The fraction of sp³-hybridized carbons (Fsp3) is 0.353. The van der Waals surface area contributed by atoms with Gasteiger partial charge in [-0.15, -0.1) is 0 Å². The van der Waals surface area contributed by atoms with Crippen LogP contribution in [0.15, 0.2) is 23.9 Å². The minimum Gasteiger partial charge on any atom is -0.454 e. The van der Waals surface area contributed by atoms with Crippen LogP contribution in [-0.4, -0.2) is 37.2 Å². The van der Waals surface area contributed by atoms with Gasteiger partial charge in [-0.1, -0.05) is 0 Å². The number of cyclic esters (lactones) is 2. The van der Waals surface area contributed by atoms with Crippen LogP contribution < -0.4 is 20.1 Å². The third kappa shape index (κ3) is 4.05. The fourth-order valence-electron chi connectivity index (χ4n) is 2.37. The highest BCUT2D eigenvalue weighted by atomic mass is 16.7. The Morgan fingerprint density at radius 3 is 2.33 bits per heavy atom. The molecule has 0 unspecified atom stereocenters. The van der Waals surface area contributed by atoms with Crippen LogP contribution >= 0.6 is 0 Å². The summed E-state index contributed by atoms with van der Waals surface area (Å²) in [5, 5.41) is 5.32. The van der Waals surface area contributed by atoms with Crippen molar-refractivity contribution in [2.24, 2.45) is 0 Å². The van der Waals surface area contributed by atoms with E-state index in [1.54, 1.807) is 13.0 Å². The Balaban J connectivity index is 1.86. The average Bonchev–Trinajstić information content (AvgIpc) is 3.00. The largest absolute Gasteiger partial charge is 0.454 e. The maximum absolute atomic E-state index is 12.0. The van der Waals surface area contributed by atoms with E-state index in [0.29, 0.717) is 22.9 Å². The summed E-state index contributed by atoms with van der Waals surface area (Å²) in [4.78, 5) is 35.8. The van der Waals surface area contributed by atoms with Crippen LogP contribution in [-0.2, 0) is 23.8 Å². The lowest BCUT2D eigenvalue weighted by atomic mass is 10.2. The van der Waals surface area contributed by atoms with E-state index in [0.717, 1.165) is 6.20 Å². The molecule has 1 amide bonds. The van der Waals surface area contributed by atoms with E-state index in [1.165, 1.54) is 19.9 Å². The second-order valence-corrected chi connectivity index (χ2v) is 5.98. The third-order valence-corrected chi connectivity index (χ3v) is 3.51. The lowest BCUT2D eigenvalue weighted by Gasteiger charge is -2.29. The standard InChI is InChI=1S/C17H18N2O8/c1-4-23-16(22)19-11-6-13-12(24-8-25-13)5-10(11)18-7-9-14(20)26-17(2,3)27-15(9)21/h5-7,18H,4,8H2,1-3H3,(H,19,22). The summed E-state index contributed by atoms with van der Waals surface area (Å²) < 4.78 is 25.5. The molecule has 1 aromatic rings. The molecule has 10 nitrogen and oxygen atoms in total. The second-order valence-electron chi connectivity index (χ2n) is 5.98. The molecule has 10 heteroatoms. The zero-order valence-corrected chi connectivity index (χ0v) is 14.9. The molecule has 3 rings (SSSR count). The summed E-state index contributed by atoms with van der Waals surface area (Å²) in [5.74, 6) is -2.13. The summed E-state index contributed by atoms with van der Waals surface area (Å²) in [6.07, 6.45) is 0.457. The Kier molecular flexibility index (Phi) is 4.80. The van der Waals surface area contributed by atoms with Crippen LogP contribution in [0.5, 0.6) is 11.5 Å². The summed E-state index contributed by atoms with van der Waals surface area (Å²) in [7, 11) is 0. The van der Waals surface area contributed by atoms with Gasteiger partial charge in [0, 0.05) is 32.2 Å². The van der Waals surface area contributed by atoms with E-state index in [-0.39, 0.29) is 19.0 Å². The first-order valence-corrected chi connectivity index (χ1v) is 8.10. The van der Waals surface area contributed by atoms with Gasteiger partial charge in [0.2, 0.25) is 6.79 Å². The predicted molar refractivity (Wildman–Crippen MR) is 91.2 cm³/mol. The van der Waals surface area contributed by atoms with Crippen molar-refractivity contribution in [3.05, 3.63) is 23.9 Å². The Morgan fingerprint density at radius 2 is 1.74 bits per heavy atom. The first kappa shape index (κ1) is 18.4. The summed E-state index contributed by atoms with van der Waals surface area (Å²) >= 11 is 0. The lowest BCUT2D eigenvalue weighted by molar-refractivity contribution is -0.222. The minimum atomic E-state index is -1.33. The molecule has 2 heterocycles. The number of amides is 1. The van der Waals surface area contributed by atoms with Crippen molar-refractivity contribution in [1.82, 2.24) is 0 Å². The molecule has 0 atom stereocenters. The van der Waals surface area contributed by atoms with Crippen molar-refractivity contribution < 1.29 is 38.1 Å². The van der Waals surface area contributed by atoms with E-state index in [1.807, 2.05) is 0 Å². The molecule has 0 aromatic heterocycles. The average molecular weight is 378 g/mol. The molecule has 0 bridgehead atoms. The number of benzene rings is 1. The maximum atomic E-state index is 12.0. The molecular formula is C17H18N2O8. The molecule has 0 saturated carbocycles. The molecule has 2 aliphatic heterocycles. The van der Waals surface area contributed by atoms with Gasteiger partial charge in [-0.2, -0.15) is 0 Å². The van der Waals surface area contributed by atoms with E-state index >= 15 is 0 Å². The van der Waals surface area contributed by atoms with Gasteiger partial charge in [-0.25, -0.2) is 14.4 Å². The molecule has 1 fully saturated rings. The third-order valence-electron chi connectivity index (χ3n) is 3.51. The second kappa shape index (κ2) is 7.06. The SMILES string of the molecule is CCOC(=O)Nc1cc2c(cc1NC=C1C(=O)OC(C)(C)OC1=O)OCO2. The molecule has 27 heavy (non-hydrogen) atoms. The minimum absolute atomic E-state index is 0.0342. The smallest absolute Gasteiger partial charge is 0.411 e. The molecule has 0 spiro atoms. The summed E-state index contributed by atoms with van der Waals surface area (Å²) in [5.41, 5.74) is 0.312. The monoisotopic (exact) mass is 378 g/mol. The summed E-state index contributed by atoms with van der Waals surface area (Å²) in [6, 6.07) is 3.07. The first-order chi connectivity index (χ1) is 12.8. The Morgan fingerprint density at radius 1 is 1.15 bits per heavy atom. The van der Waals surface area contributed by atoms with Crippen LogP contribution in [0.1, 0.15) is 20.8 Å². The van der Waals surface area contributed by atoms with Gasteiger partial charge in [0.15, 0.2) is 17.1 Å². The van der Waals surface area contributed by atoms with Crippen molar-refractivity contribution >= 4 is 29.4 Å². The van der Waals surface area contributed by atoms with E-state index in [4.69, 9.17) is 23.7 Å². The Hall–Kier alpha value is -3.43. The Bertz CT molecular complexity index is 808. The maximum Gasteiger partial charge on any atom is 0.411 e. The van der Waals surface area contributed by atoms with E-state index < -0.39 is 23.8 Å². The van der Waals surface area contributed by atoms with Gasteiger partial charge in [0.05, 0.1) is 18.0 Å². The van der Waals surface area contributed by atoms with Crippen LogP contribution in [0.2, 0.25) is 0 Å². The molecule has 0 aliphatic carbocycles. The van der Waals surface area contributed by atoms with Gasteiger partial charge in [-0.3, -0.25) is 5.32 Å². The number of esters is 2. The number of hydrogen-bond donors (Lipinski definition) is 2. The quantitative estimate of drug-likeness (QED) is 0.461. The molecule has 1 aromatic carbocycles. The van der Waals surface area contributed by atoms with Crippen molar-refractivity contribution in [3.63, 3.8) is 0 Å². The van der Waals surface area contributed by atoms with Crippen molar-refractivity contribution in [2.75, 3.05) is 24.0 Å². The van der Waals surface area contributed by atoms with Gasteiger partial charge >= 0.3 is 18.0 Å². The van der Waals surface area contributed by atoms with E-state index in [9.17, 15) is 14.4 Å². The summed E-state index contributed by atoms with van der Waals surface area (Å²) in [6.45, 7) is 4.80. The van der Waals surface area contributed by atoms with Crippen molar-refractivity contribution in [2.45, 2.75) is 26.6 Å². The number of carbonyl (C=O) groups is 3. The first-order valence-electron chi connectivity index (χ1n) is 8.10. The molecule has 2 aliphatic rings. The molecule has 0 radical (unpaired) electrons. The number of rotatable bonds is 4. The predicted octanol–water partition coefficient (Wildman–Crippen LogP) is 2.12. The van der Waals surface area contributed by atoms with Gasteiger partial charge in [0.1, 0.15) is 0 Å². The molecule has 2 N–H and O–H groups in total.